The molecular weight excluding hydrogens is 321 g/mol. The van der Waals surface area contributed by atoms with Gasteiger partial charge in [0.2, 0.25) is 0 Å². The van der Waals surface area contributed by atoms with Crippen LogP contribution in [-0.2, 0) is 0 Å². The molecule has 0 fully saturated rings. The molecule has 1 aromatic carbocycles. The number of nitrogens with zero attached hydrogens (tertiary/aromatic N) is 1. The zero-order valence-electron chi connectivity index (χ0n) is 11.0. The molecule has 0 spiro atoms. The highest BCUT2D eigenvalue weighted by Gasteiger charge is 2.19. The van der Waals surface area contributed by atoms with Crippen LogP contribution in [0.3, 0.4) is 0 Å². The second-order valence-corrected chi connectivity index (χ2v) is 5.06. The average Bonchev–Trinajstić information content (AvgIpc) is 2.44. The van der Waals surface area contributed by atoms with E-state index in [0.717, 1.165) is 15.9 Å². The molecule has 0 aliphatic carbocycles. The summed E-state index contributed by atoms with van der Waals surface area (Å²) in [6.45, 7) is 4.06. The molecule has 1 aliphatic rings. The Balaban J connectivity index is 2.35. The van der Waals surface area contributed by atoms with Gasteiger partial charge in [-0.15, -0.1) is 6.42 Å². The lowest BCUT2D eigenvalue weighted by Gasteiger charge is -2.28. The van der Waals surface area contributed by atoms with Gasteiger partial charge in [-0.1, -0.05) is 12.5 Å². The fraction of sp³-hybridized carbons (Fsp3) is 0.125. The quantitative estimate of drug-likeness (QED) is 0.777. The van der Waals surface area contributed by atoms with Gasteiger partial charge in [0.05, 0.1) is 5.70 Å². The lowest BCUT2D eigenvalue weighted by atomic mass is 10.1. The standard InChI is InChI=1S/C16H13BrFNO/c1-4-9-20-12-5-6-13(15(18)10-12)16-8-7-14(17)11(2)19(16)3/h1,5-8,10H,2,9H2,3H3. The van der Waals surface area contributed by atoms with Crippen molar-refractivity contribution in [3.05, 3.63) is 58.5 Å². The van der Waals surface area contributed by atoms with E-state index in [-0.39, 0.29) is 12.4 Å². The summed E-state index contributed by atoms with van der Waals surface area (Å²) >= 11 is 3.40. The maximum absolute atomic E-state index is 14.2. The number of hydrogen-bond donors (Lipinski definition) is 0. The van der Waals surface area contributed by atoms with E-state index in [9.17, 15) is 4.39 Å². The first-order chi connectivity index (χ1) is 9.54. The Morgan fingerprint density at radius 3 is 2.85 bits per heavy atom. The molecule has 0 bridgehead atoms. The molecule has 0 radical (unpaired) electrons. The highest BCUT2D eigenvalue weighted by molar-refractivity contribution is 9.12. The molecule has 2 nitrogen and oxygen atoms in total. The van der Waals surface area contributed by atoms with E-state index < -0.39 is 0 Å². The maximum atomic E-state index is 14.2. The summed E-state index contributed by atoms with van der Waals surface area (Å²) < 4.78 is 20.3. The van der Waals surface area contributed by atoms with Crippen molar-refractivity contribution in [3.63, 3.8) is 0 Å². The van der Waals surface area contributed by atoms with Crippen LogP contribution in [-0.4, -0.2) is 18.6 Å². The summed E-state index contributed by atoms with van der Waals surface area (Å²) in [5.74, 6) is 2.39. The van der Waals surface area contributed by atoms with Crippen LogP contribution in [0.5, 0.6) is 5.75 Å². The van der Waals surface area contributed by atoms with Crippen LogP contribution in [0.1, 0.15) is 5.56 Å². The molecule has 102 valence electrons. The highest BCUT2D eigenvalue weighted by Crippen LogP contribution is 2.33. The molecule has 1 aromatic rings. The number of terminal acetylenes is 1. The van der Waals surface area contributed by atoms with E-state index in [4.69, 9.17) is 11.2 Å². The van der Waals surface area contributed by atoms with Gasteiger partial charge in [-0.25, -0.2) is 4.39 Å². The number of hydrogen-bond acceptors (Lipinski definition) is 2. The van der Waals surface area contributed by atoms with Crippen molar-refractivity contribution in [2.75, 3.05) is 13.7 Å². The van der Waals surface area contributed by atoms with Crippen LogP contribution in [0.4, 0.5) is 4.39 Å². The van der Waals surface area contributed by atoms with Crippen molar-refractivity contribution in [3.8, 4) is 18.1 Å². The molecule has 0 atom stereocenters. The molecule has 0 amide bonds. The topological polar surface area (TPSA) is 12.5 Å². The molecule has 0 saturated heterocycles. The van der Waals surface area contributed by atoms with Crippen LogP contribution in [0.25, 0.3) is 5.70 Å². The lowest BCUT2D eigenvalue weighted by molar-refractivity contribution is 0.367. The van der Waals surface area contributed by atoms with E-state index >= 15 is 0 Å². The molecule has 1 heterocycles. The summed E-state index contributed by atoms with van der Waals surface area (Å²) in [4.78, 5) is 1.82. The number of benzene rings is 1. The van der Waals surface area contributed by atoms with Crippen LogP contribution >= 0.6 is 15.9 Å². The Hall–Kier alpha value is -1.99. The van der Waals surface area contributed by atoms with Crippen molar-refractivity contribution in [1.82, 2.24) is 4.90 Å². The Labute approximate surface area is 126 Å². The van der Waals surface area contributed by atoms with Gasteiger partial charge in [0.25, 0.3) is 0 Å². The zero-order chi connectivity index (χ0) is 14.7. The third-order valence-corrected chi connectivity index (χ3v) is 3.69. The predicted molar refractivity (Wildman–Crippen MR) is 82.6 cm³/mol. The molecule has 0 unspecified atom stereocenters. The summed E-state index contributed by atoms with van der Waals surface area (Å²) in [7, 11) is 1.84. The number of allylic oxidation sites excluding steroid dienone is 3. The first-order valence-corrected chi connectivity index (χ1v) is 6.70. The van der Waals surface area contributed by atoms with E-state index in [1.165, 1.54) is 6.07 Å². The number of rotatable bonds is 3. The second-order valence-electron chi connectivity index (χ2n) is 4.21. The Bertz CT molecular complexity index is 655. The molecular formula is C16H13BrFNO. The molecule has 4 heteroatoms. The number of likely N-dealkylation sites (N-methyl/N-ethyl adjacent to an activating group) is 1. The van der Waals surface area contributed by atoms with Gasteiger partial charge in [-0.2, -0.15) is 0 Å². The molecule has 20 heavy (non-hydrogen) atoms. The Morgan fingerprint density at radius 1 is 1.45 bits per heavy atom. The highest BCUT2D eigenvalue weighted by atomic mass is 79.9. The fourth-order valence-corrected chi connectivity index (χ4v) is 2.25. The molecule has 0 saturated carbocycles. The van der Waals surface area contributed by atoms with Gasteiger partial charge in [-0.3, -0.25) is 0 Å². The second kappa shape index (κ2) is 5.98. The van der Waals surface area contributed by atoms with Gasteiger partial charge >= 0.3 is 0 Å². The summed E-state index contributed by atoms with van der Waals surface area (Å²) in [6, 6.07) is 4.70. The van der Waals surface area contributed by atoms with Gasteiger partial charge < -0.3 is 9.64 Å². The summed E-state index contributed by atoms with van der Waals surface area (Å²) in [6.07, 6.45) is 8.78. The normalized spacial score (nSPS) is 14.5. The van der Waals surface area contributed by atoms with Gasteiger partial charge in [0.1, 0.15) is 18.2 Å². The van der Waals surface area contributed by atoms with Crippen molar-refractivity contribution in [2.24, 2.45) is 0 Å². The van der Waals surface area contributed by atoms with Crippen molar-refractivity contribution < 1.29 is 9.13 Å². The van der Waals surface area contributed by atoms with Crippen LogP contribution < -0.4 is 4.74 Å². The first-order valence-electron chi connectivity index (χ1n) is 5.91. The fourth-order valence-electron chi connectivity index (χ4n) is 1.85. The van der Waals surface area contributed by atoms with Crippen molar-refractivity contribution in [2.45, 2.75) is 0 Å². The smallest absolute Gasteiger partial charge is 0.148 e. The van der Waals surface area contributed by atoms with E-state index in [0.29, 0.717) is 11.3 Å². The summed E-state index contributed by atoms with van der Waals surface area (Å²) in [5.41, 5.74) is 1.99. The predicted octanol–water partition coefficient (Wildman–Crippen LogP) is 3.92. The number of ether oxygens (including phenoxy) is 1. The van der Waals surface area contributed by atoms with Crippen LogP contribution in [0.2, 0.25) is 0 Å². The molecule has 2 rings (SSSR count). The van der Waals surface area contributed by atoms with Crippen LogP contribution in [0.15, 0.2) is 47.1 Å². The van der Waals surface area contributed by atoms with E-state index in [1.807, 2.05) is 24.1 Å². The maximum Gasteiger partial charge on any atom is 0.148 e. The minimum absolute atomic E-state index is 0.119. The Morgan fingerprint density at radius 2 is 2.20 bits per heavy atom. The first kappa shape index (κ1) is 14.4. The third-order valence-electron chi connectivity index (χ3n) is 2.97. The van der Waals surface area contributed by atoms with Gasteiger partial charge in [-0.05, 0) is 40.2 Å². The largest absolute Gasteiger partial charge is 0.481 e. The lowest BCUT2D eigenvalue weighted by Crippen LogP contribution is -2.18. The SMILES string of the molecule is C#CCOc1ccc(C2=CC=C(Br)C(=C)N2C)c(F)c1. The summed E-state index contributed by atoms with van der Waals surface area (Å²) in [5, 5.41) is 0. The molecule has 0 aromatic heterocycles. The average molecular weight is 334 g/mol. The molecule has 0 N–H and O–H groups in total. The minimum atomic E-state index is -0.364. The monoisotopic (exact) mass is 333 g/mol. The zero-order valence-corrected chi connectivity index (χ0v) is 12.6. The van der Waals surface area contributed by atoms with Gasteiger partial charge in [0.15, 0.2) is 0 Å². The van der Waals surface area contributed by atoms with E-state index in [2.05, 4.69) is 28.4 Å². The van der Waals surface area contributed by atoms with E-state index in [1.54, 1.807) is 12.1 Å². The Kier molecular flexibility index (Phi) is 4.31. The minimum Gasteiger partial charge on any atom is -0.481 e. The van der Waals surface area contributed by atoms with Crippen LogP contribution in [0, 0.1) is 18.2 Å². The van der Waals surface area contributed by atoms with Crippen molar-refractivity contribution >= 4 is 21.6 Å². The third kappa shape index (κ3) is 2.78. The number of halogens is 2. The molecule has 1 aliphatic heterocycles. The van der Waals surface area contributed by atoms with Crippen molar-refractivity contribution in [1.29, 1.82) is 0 Å². The van der Waals surface area contributed by atoms with Gasteiger partial charge in [0, 0.05) is 28.9 Å².